The van der Waals surface area contributed by atoms with Crippen molar-refractivity contribution in [2.75, 3.05) is 13.2 Å². The Balaban J connectivity index is 0.927. The Kier molecular flexibility index (Phi) is 5.68. The summed E-state index contributed by atoms with van der Waals surface area (Å²) < 4.78 is 11.3. The third-order valence-electron chi connectivity index (χ3n) is 8.50. The van der Waals surface area contributed by atoms with E-state index < -0.39 is 0 Å². The summed E-state index contributed by atoms with van der Waals surface area (Å²) in [6.45, 7) is 0.522. The Labute approximate surface area is 241 Å². The summed E-state index contributed by atoms with van der Waals surface area (Å²) in [5.41, 5.74) is 1.14. The molecule has 0 aromatic heterocycles. The Morgan fingerprint density at radius 3 is 1.14 bits per heavy atom. The first-order chi connectivity index (χ1) is 20.7. The lowest BCUT2D eigenvalue weighted by Gasteiger charge is -2.14. The van der Waals surface area contributed by atoms with Crippen molar-refractivity contribution in [2.24, 2.45) is 0 Å². The molecule has 0 aliphatic heterocycles. The summed E-state index contributed by atoms with van der Waals surface area (Å²) in [5, 5.41) is 13.2. The van der Waals surface area contributed by atoms with Gasteiger partial charge in [0, 0.05) is 0 Å². The van der Waals surface area contributed by atoms with Crippen LogP contribution in [-0.2, 0) is 9.47 Å². The number of carbonyl (C=O) groups is 2. The Bertz CT molecular complexity index is 2100. The first-order valence-corrected chi connectivity index (χ1v) is 14.3. The predicted octanol–water partition coefficient (Wildman–Crippen LogP) is 9.28. The van der Waals surface area contributed by atoms with E-state index in [1.54, 1.807) is 0 Å². The normalized spacial score (nSPS) is 11.9. The first kappa shape index (κ1) is 24.6. The standard InChI is InChI=1S/C38H26O4/c39-37(31-19-15-27-11-9-23-5-3-7-25-13-17-29(31)35(27)33(23)25)41-21-1-2-22-42-38(40)32-20-16-28-12-10-24-6-4-8-26-14-18-30(32)36(28)34(24)26/h3-20H,1-2,21-22H2. The molecule has 0 saturated heterocycles. The molecule has 0 unspecified atom stereocenters. The van der Waals surface area contributed by atoms with Crippen LogP contribution in [0.5, 0.6) is 0 Å². The van der Waals surface area contributed by atoms with E-state index in [0.29, 0.717) is 24.0 Å². The second-order valence-corrected chi connectivity index (χ2v) is 10.9. The van der Waals surface area contributed by atoms with Crippen LogP contribution >= 0.6 is 0 Å². The second kappa shape index (κ2) is 9.71. The maximum atomic E-state index is 13.1. The van der Waals surface area contributed by atoms with Gasteiger partial charge >= 0.3 is 11.9 Å². The summed E-state index contributed by atoms with van der Waals surface area (Å²) in [5.74, 6) is -0.669. The number of hydrogen-bond acceptors (Lipinski definition) is 4. The molecule has 0 aliphatic carbocycles. The summed E-state index contributed by atoms with van der Waals surface area (Å²) in [7, 11) is 0. The topological polar surface area (TPSA) is 52.6 Å². The molecular formula is C38H26O4. The maximum Gasteiger partial charge on any atom is 0.338 e. The highest BCUT2D eigenvalue weighted by Gasteiger charge is 2.17. The van der Waals surface area contributed by atoms with Crippen molar-refractivity contribution in [3.8, 4) is 0 Å². The van der Waals surface area contributed by atoms with Crippen molar-refractivity contribution >= 4 is 76.6 Å². The molecular weight excluding hydrogens is 520 g/mol. The van der Waals surface area contributed by atoms with Crippen LogP contribution in [-0.4, -0.2) is 25.2 Å². The number of unbranched alkanes of at least 4 members (excludes halogenated alkanes) is 1. The highest BCUT2D eigenvalue weighted by atomic mass is 16.5. The molecule has 0 spiro atoms. The summed E-state index contributed by atoms with van der Waals surface area (Å²) in [6.07, 6.45) is 1.20. The molecule has 0 radical (unpaired) electrons. The molecule has 0 atom stereocenters. The maximum absolute atomic E-state index is 13.1. The van der Waals surface area contributed by atoms with Crippen molar-refractivity contribution in [3.05, 3.63) is 120 Å². The molecule has 0 saturated carbocycles. The lowest BCUT2D eigenvalue weighted by atomic mass is 9.92. The van der Waals surface area contributed by atoms with Gasteiger partial charge in [-0.25, -0.2) is 9.59 Å². The molecule has 42 heavy (non-hydrogen) atoms. The van der Waals surface area contributed by atoms with Crippen molar-refractivity contribution in [1.29, 1.82) is 0 Å². The fourth-order valence-corrected chi connectivity index (χ4v) is 6.52. The van der Waals surface area contributed by atoms with E-state index in [1.807, 2.05) is 36.4 Å². The van der Waals surface area contributed by atoms with Crippen LogP contribution in [0.25, 0.3) is 64.6 Å². The van der Waals surface area contributed by atoms with Crippen molar-refractivity contribution < 1.29 is 19.1 Å². The molecule has 8 aromatic rings. The molecule has 0 heterocycles. The van der Waals surface area contributed by atoms with Gasteiger partial charge in [0.1, 0.15) is 0 Å². The monoisotopic (exact) mass is 546 g/mol. The minimum atomic E-state index is -0.335. The summed E-state index contributed by atoms with van der Waals surface area (Å²) in [4.78, 5) is 26.2. The van der Waals surface area contributed by atoms with Crippen LogP contribution < -0.4 is 0 Å². The van der Waals surface area contributed by atoms with Gasteiger partial charge in [-0.2, -0.15) is 0 Å². The van der Waals surface area contributed by atoms with Crippen LogP contribution in [0, 0.1) is 0 Å². The van der Waals surface area contributed by atoms with Gasteiger partial charge in [-0.3, -0.25) is 0 Å². The van der Waals surface area contributed by atoms with Gasteiger partial charge in [0.25, 0.3) is 0 Å². The highest BCUT2D eigenvalue weighted by Crippen LogP contribution is 2.37. The number of ether oxygens (including phenoxy) is 2. The lowest BCUT2D eigenvalue weighted by Crippen LogP contribution is -2.10. The highest BCUT2D eigenvalue weighted by molar-refractivity contribution is 6.27. The zero-order chi connectivity index (χ0) is 28.2. The molecule has 202 valence electrons. The smallest absolute Gasteiger partial charge is 0.338 e. The molecule has 8 rings (SSSR count). The van der Waals surface area contributed by atoms with Crippen LogP contribution in [0.3, 0.4) is 0 Å². The quantitative estimate of drug-likeness (QED) is 0.114. The lowest BCUT2D eigenvalue weighted by molar-refractivity contribution is 0.0435. The molecule has 0 amide bonds. The minimum Gasteiger partial charge on any atom is -0.462 e. The minimum absolute atomic E-state index is 0.261. The van der Waals surface area contributed by atoms with Crippen molar-refractivity contribution in [3.63, 3.8) is 0 Å². The van der Waals surface area contributed by atoms with E-state index in [0.717, 1.165) is 53.9 Å². The molecule has 4 heteroatoms. The van der Waals surface area contributed by atoms with Crippen molar-refractivity contribution in [1.82, 2.24) is 0 Å². The van der Waals surface area contributed by atoms with E-state index in [4.69, 9.17) is 9.47 Å². The molecule has 0 fully saturated rings. The van der Waals surface area contributed by atoms with Gasteiger partial charge in [0.15, 0.2) is 0 Å². The number of esters is 2. The zero-order valence-corrected chi connectivity index (χ0v) is 22.9. The summed E-state index contributed by atoms with van der Waals surface area (Å²) >= 11 is 0. The fourth-order valence-electron chi connectivity index (χ4n) is 6.52. The van der Waals surface area contributed by atoms with Crippen molar-refractivity contribution in [2.45, 2.75) is 12.8 Å². The molecule has 4 nitrogen and oxygen atoms in total. The third kappa shape index (κ3) is 3.83. The number of benzene rings is 8. The predicted molar refractivity (Wildman–Crippen MR) is 170 cm³/mol. The summed E-state index contributed by atoms with van der Waals surface area (Å²) in [6, 6.07) is 36.8. The average molecular weight is 547 g/mol. The number of rotatable bonds is 7. The van der Waals surface area contributed by atoms with Gasteiger partial charge < -0.3 is 9.47 Å². The van der Waals surface area contributed by atoms with E-state index >= 15 is 0 Å². The van der Waals surface area contributed by atoms with Gasteiger partial charge in [0.2, 0.25) is 0 Å². The Hall–Kier alpha value is -5.22. The second-order valence-electron chi connectivity index (χ2n) is 10.9. The fraction of sp³-hybridized carbons (Fsp3) is 0.105. The average Bonchev–Trinajstić information content (AvgIpc) is 3.03. The van der Waals surface area contributed by atoms with Gasteiger partial charge in [0.05, 0.1) is 24.3 Å². The zero-order valence-electron chi connectivity index (χ0n) is 22.9. The van der Waals surface area contributed by atoms with Gasteiger partial charge in [-0.05, 0) is 89.6 Å². The van der Waals surface area contributed by atoms with E-state index in [9.17, 15) is 9.59 Å². The van der Waals surface area contributed by atoms with E-state index in [-0.39, 0.29) is 25.2 Å². The third-order valence-corrected chi connectivity index (χ3v) is 8.50. The van der Waals surface area contributed by atoms with Crippen LogP contribution in [0.4, 0.5) is 0 Å². The molecule has 0 bridgehead atoms. The van der Waals surface area contributed by atoms with Crippen LogP contribution in [0.15, 0.2) is 109 Å². The van der Waals surface area contributed by atoms with E-state index in [1.165, 1.54) is 10.8 Å². The number of hydrogen-bond donors (Lipinski definition) is 0. The van der Waals surface area contributed by atoms with E-state index in [2.05, 4.69) is 72.8 Å². The molecule has 8 aromatic carbocycles. The SMILES string of the molecule is O=C(OCCCCOC(=O)c1ccc2ccc3cccc4ccc1c2c34)c1ccc2ccc3cccc4ccc1c2c34. The first-order valence-electron chi connectivity index (χ1n) is 14.3. The largest absolute Gasteiger partial charge is 0.462 e. The molecule has 0 aliphatic rings. The van der Waals surface area contributed by atoms with Gasteiger partial charge in [-0.1, -0.05) is 97.1 Å². The number of carbonyl (C=O) groups excluding carboxylic acids is 2. The van der Waals surface area contributed by atoms with Gasteiger partial charge in [-0.15, -0.1) is 0 Å². The molecule has 0 N–H and O–H groups in total. The van der Waals surface area contributed by atoms with Crippen LogP contribution in [0.1, 0.15) is 33.6 Å². The van der Waals surface area contributed by atoms with Crippen LogP contribution in [0.2, 0.25) is 0 Å². The Morgan fingerprint density at radius 1 is 0.405 bits per heavy atom. The Morgan fingerprint density at radius 2 is 0.738 bits per heavy atom.